The molecular formula is C14H14ClNO2S2. The Morgan fingerprint density at radius 1 is 1.15 bits per heavy atom. The molecule has 2 aromatic rings. The molecule has 1 aliphatic rings. The summed E-state index contributed by atoms with van der Waals surface area (Å²) in [5.74, 6) is 0. The Kier molecular flexibility index (Phi) is 3.62. The van der Waals surface area contributed by atoms with Crippen molar-refractivity contribution in [1.29, 1.82) is 0 Å². The van der Waals surface area contributed by atoms with E-state index in [9.17, 15) is 8.42 Å². The smallest absolute Gasteiger partial charge is 0.206 e. The molecule has 1 aromatic heterocycles. The van der Waals surface area contributed by atoms with Gasteiger partial charge in [0.15, 0.2) is 0 Å². The molecule has 3 rings (SSSR count). The summed E-state index contributed by atoms with van der Waals surface area (Å²) >= 11 is 7.13. The van der Waals surface area contributed by atoms with Gasteiger partial charge in [-0.15, -0.1) is 11.3 Å². The van der Waals surface area contributed by atoms with Crippen LogP contribution in [0.1, 0.15) is 24.8 Å². The second-order valence-electron chi connectivity index (χ2n) is 4.98. The highest BCUT2D eigenvalue weighted by Crippen LogP contribution is 2.42. The Morgan fingerprint density at radius 3 is 2.35 bits per heavy atom. The first kappa shape index (κ1) is 14.1. The van der Waals surface area contributed by atoms with E-state index in [1.165, 1.54) is 11.3 Å². The third-order valence-corrected chi connectivity index (χ3v) is 6.88. The topological polar surface area (TPSA) is 46.2 Å². The number of rotatable bonds is 4. The first-order chi connectivity index (χ1) is 9.52. The summed E-state index contributed by atoms with van der Waals surface area (Å²) in [5.41, 5.74) is 0.501. The van der Waals surface area contributed by atoms with Crippen LogP contribution in [0.25, 0.3) is 0 Å². The molecule has 0 spiro atoms. The maximum Gasteiger partial charge on any atom is 0.250 e. The molecule has 0 aliphatic heterocycles. The van der Waals surface area contributed by atoms with Gasteiger partial charge >= 0.3 is 0 Å². The number of nitrogens with one attached hydrogen (secondary N) is 1. The van der Waals surface area contributed by atoms with Crippen molar-refractivity contribution in [2.45, 2.75) is 29.0 Å². The average molecular weight is 328 g/mol. The van der Waals surface area contributed by atoms with Crippen molar-refractivity contribution in [2.24, 2.45) is 0 Å². The van der Waals surface area contributed by atoms with Crippen molar-refractivity contribution in [2.75, 3.05) is 0 Å². The molecule has 6 heteroatoms. The lowest BCUT2D eigenvalue weighted by Gasteiger charge is -2.42. The van der Waals surface area contributed by atoms with Crippen LogP contribution < -0.4 is 4.72 Å². The number of sulfonamides is 1. The molecular weight excluding hydrogens is 314 g/mol. The summed E-state index contributed by atoms with van der Waals surface area (Å²) in [4.78, 5) is 0. The summed E-state index contributed by atoms with van der Waals surface area (Å²) in [6, 6.07) is 10.8. The van der Waals surface area contributed by atoms with Crippen LogP contribution in [0.5, 0.6) is 0 Å². The molecule has 20 heavy (non-hydrogen) atoms. The summed E-state index contributed by atoms with van der Waals surface area (Å²) in [6.07, 6.45) is 2.66. The SMILES string of the molecule is O=S(=O)(NC1(c2ccc(Cl)cc2)CCC1)c1cccs1. The Bertz CT molecular complexity index is 689. The average Bonchev–Trinajstić information content (AvgIpc) is 2.90. The molecule has 1 aromatic carbocycles. The van der Waals surface area contributed by atoms with Crippen LogP contribution >= 0.6 is 22.9 Å². The van der Waals surface area contributed by atoms with Gasteiger partial charge in [0.1, 0.15) is 4.21 Å². The zero-order chi connectivity index (χ0) is 14.2. The highest BCUT2D eigenvalue weighted by atomic mass is 35.5. The van der Waals surface area contributed by atoms with Crippen LogP contribution in [-0.2, 0) is 15.6 Å². The van der Waals surface area contributed by atoms with Crippen molar-refractivity contribution in [3.8, 4) is 0 Å². The molecule has 0 saturated heterocycles. The second-order valence-corrected chi connectivity index (χ2v) is 8.27. The summed E-state index contributed by atoms with van der Waals surface area (Å²) in [6.45, 7) is 0. The largest absolute Gasteiger partial charge is 0.250 e. The Balaban J connectivity index is 1.93. The van der Waals surface area contributed by atoms with Crippen LogP contribution in [0.4, 0.5) is 0 Å². The van der Waals surface area contributed by atoms with E-state index in [1.807, 2.05) is 12.1 Å². The molecule has 1 heterocycles. The lowest BCUT2D eigenvalue weighted by Crippen LogP contribution is -2.50. The van der Waals surface area contributed by atoms with Crippen LogP contribution in [-0.4, -0.2) is 8.42 Å². The fourth-order valence-corrected chi connectivity index (χ4v) is 5.04. The number of thiophene rings is 1. The minimum absolute atomic E-state index is 0.359. The van der Waals surface area contributed by atoms with E-state index >= 15 is 0 Å². The van der Waals surface area contributed by atoms with E-state index in [0.29, 0.717) is 9.23 Å². The van der Waals surface area contributed by atoms with E-state index in [0.717, 1.165) is 24.8 Å². The van der Waals surface area contributed by atoms with Gasteiger partial charge in [0, 0.05) is 5.02 Å². The number of hydrogen-bond acceptors (Lipinski definition) is 3. The molecule has 1 aliphatic carbocycles. The van der Waals surface area contributed by atoms with Crippen molar-refractivity contribution in [3.05, 3.63) is 52.4 Å². The lowest BCUT2D eigenvalue weighted by molar-refractivity contribution is 0.224. The first-order valence-electron chi connectivity index (χ1n) is 6.35. The molecule has 1 N–H and O–H groups in total. The highest BCUT2D eigenvalue weighted by Gasteiger charge is 2.42. The van der Waals surface area contributed by atoms with Gasteiger partial charge in [-0.05, 0) is 48.4 Å². The van der Waals surface area contributed by atoms with Crippen molar-refractivity contribution in [1.82, 2.24) is 4.72 Å². The van der Waals surface area contributed by atoms with Crippen molar-refractivity contribution >= 4 is 33.0 Å². The normalized spacial score (nSPS) is 17.6. The van der Waals surface area contributed by atoms with Gasteiger partial charge in [-0.2, -0.15) is 4.72 Å². The first-order valence-corrected chi connectivity index (χ1v) is 9.09. The maximum absolute atomic E-state index is 12.4. The standard InChI is InChI=1S/C14H14ClNO2S2/c15-12-6-4-11(5-7-12)14(8-2-9-14)16-20(17,18)13-3-1-10-19-13/h1,3-7,10,16H,2,8-9H2. The van der Waals surface area contributed by atoms with E-state index in [1.54, 1.807) is 29.6 Å². The minimum atomic E-state index is -3.46. The molecule has 1 fully saturated rings. The van der Waals surface area contributed by atoms with Crippen LogP contribution in [0, 0.1) is 0 Å². The zero-order valence-electron chi connectivity index (χ0n) is 10.7. The van der Waals surface area contributed by atoms with Crippen LogP contribution in [0.15, 0.2) is 46.0 Å². The van der Waals surface area contributed by atoms with Gasteiger partial charge in [-0.25, -0.2) is 8.42 Å². The number of halogens is 1. The van der Waals surface area contributed by atoms with Gasteiger partial charge in [-0.1, -0.05) is 29.8 Å². The monoisotopic (exact) mass is 327 g/mol. The summed E-state index contributed by atoms with van der Waals surface area (Å²) < 4.78 is 28.1. The quantitative estimate of drug-likeness (QED) is 0.929. The predicted molar refractivity (Wildman–Crippen MR) is 81.6 cm³/mol. The third-order valence-electron chi connectivity index (χ3n) is 3.69. The molecule has 3 nitrogen and oxygen atoms in total. The minimum Gasteiger partial charge on any atom is -0.206 e. The van der Waals surface area contributed by atoms with Gasteiger partial charge in [-0.3, -0.25) is 0 Å². The molecule has 1 saturated carbocycles. The molecule has 0 unspecified atom stereocenters. The van der Waals surface area contributed by atoms with Gasteiger partial charge in [0.05, 0.1) is 5.54 Å². The van der Waals surface area contributed by atoms with E-state index in [-0.39, 0.29) is 0 Å². The Hall–Kier alpha value is -0.880. The molecule has 106 valence electrons. The third kappa shape index (κ3) is 2.51. The highest BCUT2D eigenvalue weighted by molar-refractivity contribution is 7.91. The Morgan fingerprint density at radius 2 is 1.85 bits per heavy atom. The van der Waals surface area contributed by atoms with Gasteiger partial charge < -0.3 is 0 Å². The van der Waals surface area contributed by atoms with Crippen molar-refractivity contribution in [3.63, 3.8) is 0 Å². The zero-order valence-corrected chi connectivity index (χ0v) is 13.1. The summed E-state index contributed by atoms with van der Waals surface area (Å²) in [5, 5.41) is 2.42. The molecule has 0 bridgehead atoms. The predicted octanol–water partition coefficient (Wildman–Crippen LogP) is 3.76. The fraction of sp³-hybridized carbons (Fsp3) is 0.286. The fourth-order valence-electron chi connectivity index (χ4n) is 2.47. The van der Waals surface area contributed by atoms with Crippen LogP contribution in [0.2, 0.25) is 5.02 Å². The van der Waals surface area contributed by atoms with E-state index in [4.69, 9.17) is 11.6 Å². The molecule has 0 amide bonds. The van der Waals surface area contributed by atoms with E-state index < -0.39 is 15.6 Å². The maximum atomic E-state index is 12.4. The van der Waals surface area contributed by atoms with Crippen LogP contribution in [0.3, 0.4) is 0 Å². The lowest BCUT2D eigenvalue weighted by atomic mass is 9.73. The Labute approximate surface area is 127 Å². The summed E-state index contributed by atoms with van der Waals surface area (Å²) in [7, 11) is -3.46. The number of hydrogen-bond donors (Lipinski definition) is 1. The molecule has 0 atom stereocenters. The van der Waals surface area contributed by atoms with Gasteiger partial charge in [0.2, 0.25) is 0 Å². The number of benzene rings is 1. The van der Waals surface area contributed by atoms with Crippen molar-refractivity contribution < 1.29 is 8.42 Å². The van der Waals surface area contributed by atoms with Gasteiger partial charge in [0.25, 0.3) is 10.0 Å². The second kappa shape index (κ2) is 5.15. The van der Waals surface area contributed by atoms with E-state index in [2.05, 4.69) is 4.72 Å². The molecule has 0 radical (unpaired) electrons.